The molecule has 1 heterocycles. The van der Waals surface area contributed by atoms with E-state index in [2.05, 4.69) is 10.4 Å². The Labute approximate surface area is 80.4 Å². The molecule has 76 valence electrons. The van der Waals surface area contributed by atoms with Crippen molar-refractivity contribution in [2.24, 2.45) is 5.41 Å². The highest BCUT2D eigenvalue weighted by molar-refractivity contribution is 4.96. The molecular formula is C10H20N2O. The Morgan fingerprint density at radius 3 is 2.54 bits per heavy atom. The van der Waals surface area contributed by atoms with Crippen LogP contribution < -0.4 is 5.48 Å². The summed E-state index contributed by atoms with van der Waals surface area (Å²) in [6.07, 6.45) is 5.49. The molecule has 0 aromatic carbocycles. The van der Waals surface area contributed by atoms with Crippen molar-refractivity contribution in [1.29, 1.82) is 0 Å². The lowest BCUT2D eigenvalue weighted by Gasteiger charge is -2.22. The fourth-order valence-electron chi connectivity index (χ4n) is 2.17. The highest BCUT2D eigenvalue weighted by Gasteiger charge is 2.44. The molecular weight excluding hydrogens is 164 g/mol. The first-order valence-electron chi connectivity index (χ1n) is 5.36. The maximum atomic E-state index is 5.29. The molecule has 2 rings (SSSR count). The van der Waals surface area contributed by atoms with Crippen molar-refractivity contribution in [3.05, 3.63) is 0 Å². The zero-order valence-corrected chi connectivity index (χ0v) is 8.51. The van der Waals surface area contributed by atoms with Gasteiger partial charge < -0.3 is 9.74 Å². The van der Waals surface area contributed by atoms with Crippen molar-refractivity contribution in [1.82, 2.24) is 10.4 Å². The summed E-state index contributed by atoms with van der Waals surface area (Å²) in [6.45, 7) is 4.76. The predicted molar refractivity (Wildman–Crippen MR) is 52.4 cm³/mol. The van der Waals surface area contributed by atoms with Gasteiger partial charge in [-0.2, -0.15) is 0 Å². The number of hydroxylamine groups is 1. The van der Waals surface area contributed by atoms with Gasteiger partial charge in [-0.15, -0.1) is 0 Å². The summed E-state index contributed by atoms with van der Waals surface area (Å²) in [4.78, 5) is 7.88. The Bertz CT molecular complexity index is 162. The minimum absolute atomic E-state index is 0.507. The zero-order chi connectivity index (χ0) is 9.15. The molecule has 0 radical (unpaired) electrons. The molecule has 0 bridgehead atoms. The lowest BCUT2D eigenvalue weighted by molar-refractivity contribution is 0.0157. The summed E-state index contributed by atoms with van der Waals surface area (Å²) in [7, 11) is 1.84. The molecule has 0 atom stereocenters. The molecule has 2 aliphatic rings. The topological polar surface area (TPSA) is 24.5 Å². The summed E-state index contributed by atoms with van der Waals surface area (Å²) in [6, 6.07) is 0. The Hall–Kier alpha value is -0.120. The van der Waals surface area contributed by atoms with Crippen LogP contribution in [0.15, 0.2) is 0 Å². The van der Waals surface area contributed by atoms with E-state index in [1.165, 1.54) is 45.3 Å². The fourth-order valence-corrected chi connectivity index (χ4v) is 2.17. The molecule has 1 aliphatic carbocycles. The third-order valence-corrected chi connectivity index (χ3v) is 3.24. The number of hydrogen-bond acceptors (Lipinski definition) is 3. The molecule has 1 saturated carbocycles. The van der Waals surface area contributed by atoms with Crippen LogP contribution in [0, 0.1) is 5.41 Å². The van der Waals surface area contributed by atoms with Crippen molar-refractivity contribution in [3.8, 4) is 0 Å². The van der Waals surface area contributed by atoms with Crippen LogP contribution in [0.5, 0.6) is 0 Å². The first-order valence-corrected chi connectivity index (χ1v) is 5.36. The molecule has 2 fully saturated rings. The van der Waals surface area contributed by atoms with E-state index in [0.717, 1.165) is 6.61 Å². The smallest absolute Gasteiger partial charge is 0.0750 e. The van der Waals surface area contributed by atoms with E-state index in [0.29, 0.717) is 5.41 Å². The second kappa shape index (κ2) is 3.95. The van der Waals surface area contributed by atoms with Crippen molar-refractivity contribution in [3.63, 3.8) is 0 Å². The second-order valence-electron chi connectivity index (χ2n) is 4.48. The molecule has 0 spiro atoms. The number of likely N-dealkylation sites (tertiary alicyclic amines) is 1. The minimum atomic E-state index is 0.507. The average molecular weight is 184 g/mol. The standard InChI is InChI=1S/C10H20N2O/c1-11-13-9-10(4-5-10)8-12-6-2-3-7-12/h11H,2-9H2,1H3. The third kappa shape index (κ3) is 2.42. The first-order chi connectivity index (χ1) is 6.35. The summed E-state index contributed by atoms with van der Waals surface area (Å²) in [5.41, 5.74) is 3.28. The Balaban J connectivity index is 1.72. The van der Waals surface area contributed by atoms with E-state index in [4.69, 9.17) is 4.84 Å². The molecule has 1 aliphatic heterocycles. The molecule has 0 aromatic rings. The molecule has 0 unspecified atom stereocenters. The van der Waals surface area contributed by atoms with Crippen LogP contribution in [0.3, 0.4) is 0 Å². The third-order valence-electron chi connectivity index (χ3n) is 3.24. The maximum Gasteiger partial charge on any atom is 0.0750 e. The minimum Gasteiger partial charge on any atom is -0.303 e. The van der Waals surface area contributed by atoms with E-state index < -0.39 is 0 Å². The number of rotatable bonds is 5. The van der Waals surface area contributed by atoms with Crippen LogP contribution in [-0.2, 0) is 4.84 Å². The number of nitrogens with zero attached hydrogens (tertiary/aromatic N) is 1. The molecule has 13 heavy (non-hydrogen) atoms. The van der Waals surface area contributed by atoms with Gasteiger partial charge in [0.15, 0.2) is 0 Å². The SMILES string of the molecule is CNOCC1(CN2CCCC2)CC1. The summed E-state index contributed by atoms with van der Waals surface area (Å²) < 4.78 is 0. The van der Waals surface area contributed by atoms with Crippen LogP contribution >= 0.6 is 0 Å². The predicted octanol–water partition coefficient (Wildman–Crippen LogP) is 1.01. The Morgan fingerprint density at radius 2 is 2.00 bits per heavy atom. The fraction of sp³-hybridized carbons (Fsp3) is 1.00. The highest BCUT2D eigenvalue weighted by atomic mass is 16.6. The van der Waals surface area contributed by atoms with Crippen molar-refractivity contribution in [2.45, 2.75) is 25.7 Å². The van der Waals surface area contributed by atoms with Gasteiger partial charge in [-0.3, -0.25) is 0 Å². The van der Waals surface area contributed by atoms with Crippen LogP contribution in [0.25, 0.3) is 0 Å². The summed E-state index contributed by atoms with van der Waals surface area (Å²) >= 11 is 0. The van der Waals surface area contributed by atoms with Crippen molar-refractivity contribution >= 4 is 0 Å². The Kier molecular flexibility index (Phi) is 2.86. The molecule has 1 saturated heterocycles. The average Bonchev–Trinajstić information content (AvgIpc) is 2.69. The molecule has 1 N–H and O–H groups in total. The lowest BCUT2D eigenvalue weighted by atomic mass is 10.1. The van der Waals surface area contributed by atoms with Gasteiger partial charge in [0.1, 0.15) is 0 Å². The summed E-state index contributed by atoms with van der Waals surface area (Å²) in [5.74, 6) is 0. The normalized spacial score (nSPS) is 26.5. The van der Waals surface area contributed by atoms with Gasteiger partial charge in [0.2, 0.25) is 0 Å². The van der Waals surface area contributed by atoms with Gasteiger partial charge in [-0.25, -0.2) is 5.48 Å². The van der Waals surface area contributed by atoms with E-state index in [1.807, 2.05) is 7.05 Å². The first kappa shape index (κ1) is 9.44. The zero-order valence-electron chi connectivity index (χ0n) is 8.51. The monoisotopic (exact) mass is 184 g/mol. The van der Waals surface area contributed by atoms with Crippen molar-refractivity contribution in [2.75, 3.05) is 33.3 Å². The van der Waals surface area contributed by atoms with Gasteiger partial charge in [0, 0.05) is 19.0 Å². The second-order valence-corrected chi connectivity index (χ2v) is 4.48. The van der Waals surface area contributed by atoms with Gasteiger partial charge in [-0.05, 0) is 38.8 Å². The quantitative estimate of drug-likeness (QED) is 0.645. The molecule has 3 nitrogen and oxygen atoms in total. The van der Waals surface area contributed by atoms with E-state index in [9.17, 15) is 0 Å². The number of hydrogen-bond donors (Lipinski definition) is 1. The molecule has 0 aromatic heterocycles. The number of nitrogens with one attached hydrogen (secondary N) is 1. The van der Waals surface area contributed by atoms with E-state index in [1.54, 1.807) is 0 Å². The molecule has 3 heteroatoms. The van der Waals surface area contributed by atoms with E-state index >= 15 is 0 Å². The highest BCUT2D eigenvalue weighted by Crippen LogP contribution is 2.46. The van der Waals surface area contributed by atoms with Crippen molar-refractivity contribution < 1.29 is 4.84 Å². The summed E-state index contributed by atoms with van der Waals surface area (Å²) in [5, 5.41) is 0. The van der Waals surface area contributed by atoms with Gasteiger partial charge >= 0.3 is 0 Å². The van der Waals surface area contributed by atoms with Crippen LogP contribution in [0.2, 0.25) is 0 Å². The Morgan fingerprint density at radius 1 is 1.31 bits per heavy atom. The van der Waals surface area contributed by atoms with E-state index in [-0.39, 0.29) is 0 Å². The maximum absolute atomic E-state index is 5.29. The van der Waals surface area contributed by atoms with Crippen LogP contribution in [0.1, 0.15) is 25.7 Å². The molecule has 0 amide bonds. The van der Waals surface area contributed by atoms with Gasteiger partial charge in [0.05, 0.1) is 6.61 Å². The van der Waals surface area contributed by atoms with Gasteiger partial charge in [-0.1, -0.05) is 0 Å². The van der Waals surface area contributed by atoms with Gasteiger partial charge in [0.25, 0.3) is 0 Å². The lowest BCUT2D eigenvalue weighted by Crippen LogP contribution is -2.31. The van der Waals surface area contributed by atoms with Crippen LogP contribution in [0.4, 0.5) is 0 Å². The van der Waals surface area contributed by atoms with Crippen LogP contribution in [-0.4, -0.2) is 38.2 Å². The largest absolute Gasteiger partial charge is 0.303 e.